The zero-order valence-electron chi connectivity index (χ0n) is 12.2. The molecule has 0 amide bonds. The SMILES string of the molecule is CC(C)(C)NCCc1nnc(CSc2ccccc2)o1. The van der Waals surface area contributed by atoms with Gasteiger partial charge in [0.05, 0.1) is 5.75 Å². The lowest BCUT2D eigenvalue weighted by Crippen LogP contribution is -2.37. The minimum absolute atomic E-state index is 0.117. The van der Waals surface area contributed by atoms with Crippen molar-refractivity contribution < 1.29 is 4.42 Å². The lowest BCUT2D eigenvalue weighted by Gasteiger charge is -2.19. The number of hydrogen-bond acceptors (Lipinski definition) is 5. The molecule has 2 aromatic rings. The fraction of sp³-hybridized carbons (Fsp3) is 0.467. The summed E-state index contributed by atoms with van der Waals surface area (Å²) < 4.78 is 5.64. The van der Waals surface area contributed by atoms with Crippen molar-refractivity contribution in [1.29, 1.82) is 0 Å². The molecule has 1 heterocycles. The summed E-state index contributed by atoms with van der Waals surface area (Å²) >= 11 is 1.70. The van der Waals surface area contributed by atoms with E-state index in [0.29, 0.717) is 17.5 Å². The first-order valence-electron chi connectivity index (χ1n) is 6.77. The molecule has 5 heteroatoms. The van der Waals surface area contributed by atoms with E-state index in [2.05, 4.69) is 48.4 Å². The highest BCUT2D eigenvalue weighted by atomic mass is 32.2. The molecule has 0 spiro atoms. The number of rotatable bonds is 6. The van der Waals surface area contributed by atoms with Gasteiger partial charge >= 0.3 is 0 Å². The molecule has 1 aromatic carbocycles. The number of benzene rings is 1. The molecular formula is C15H21N3OS. The molecule has 0 atom stereocenters. The lowest BCUT2D eigenvalue weighted by molar-refractivity contribution is 0.404. The van der Waals surface area contributed by atoms with Gasteiger partial charge in [0.25, 0.3) is 0 Å². The second-order valence-electron chi connectivity index (χ2n) is 5.62. The highest BCUT2D eigenvalue weighted by Gasteiger charge is 2.10. The summed E-state index contributed by atoms with van der Waals surface area (Å²) in [5.74, 6) is 2.10. The van der Waals surface area contributed by atoms with Gasteiger partial charge in [0, 0.05) is 23.4 Å². The molecule has 1 aromatic heterocycles. The average molecular weight is 291 g/mol. The predicted molar refractivity (Wildman–Crippen MR) is 81.8 cm³/mol. The van der Waals surface area contributed by atoms with Crippen LogP contribution in [-0.2, 0) is 12.2 Å². The van der Waals surface area contributed by atoms with Crippen LogP contribution in [0.15, 0.2) is 39.6 Å². The van der Waals surface area contributed by atoms with Crippen LogP contribution in [0.4, 0.5) is 0 Å². The molecule has 0 radical (unpaired) electrons. The third kappa shape index (κ3) is 5.35. The second kappa shape index (κ2) is 6.90. The molecule has 1 N–H and O–H groups in total. The van der Waals surface area contributed by atoms with Gasteiger partial charge in [-0.3, -0.25) is 0 Å². The summed E-state index contributed by atoms with van der Waals surface area (Å²) in [7, 11) is 0. The maximum absolute atomic E-state index is 5.64. The first kappa shape index (κ1) is 15.1. The number of hydrogen-bond donors (Lipinski definition) is 1. The van der Waals surface area contributed by atoms with Crippen molar-refractivity contribution in [3.63, 3.8) is 0 Å². The van der Waals surface area contributed by atoms with Gasteiger partial charge in [0.1, 0.15) is 0 Å². The maximum atomic E-state index is 5.64. The minimum atomic E-state index is 0.117. The van der Waals surface area contributed by atoms with Gasteiger partial charge in [-0.25, -0.2) is 0 Å². The number of aromatic nitrogens is 2. The van der Waals surface area contributed by atoms with Gasteiger partial charge in [-0.05, 0) is 32.9 Å². The molecule has 0 aliphatic heterocycles. The van der Waals surface area contributed by atoms with E-state index in [0.717, 1.165) is 13.0 Å². The van der Waals surface area contributed by atoms with Crippen molar-refractivity contribution in [2.75, 3.05) is 6.54 Å². The van der Waals surface area contributed by atoms with Gasteiger partial charge in [0.15, 0.2) is 0 Å². The highest BCUT2D eigenvalue weighted by molar-refractivity contribution is 7.98. The van der Waals surface area contributed by atoms with Gasteiger partial charge in [0.2, 0.25) is 11.8 Å². The lowest BCUT2D eigenvalue weighted by atomic mass is 10.1. The molecule has 20 heavy (non-hydrogen) atoms. The summed E-state index contributed by atoms with van der Waals surface area (Å²) in [6, 6.07) is 10.2. The molecule has 0 aliphatic rings. The fourth-order valence-corrected chi connectivity index (χ4v) is 2.41. The smallest absolute Gasteiger partial charge is 0.226 e. The zero-order valence-corrected chi connectivity index (χ0v) is 13.0. The minimum Gasteiger partial charge on any atom is -0.424 e. The van der Waals surface area contributed by atoms with Gasteiger partial charge in [-0.1, -0.05) is 18.2 Å². The quantitative estimate of drug-likeness (QED) is 0.828. The topological polar surface area (TPSA) is 51.0 Å². The van der Waals surface area contributed by atoms with Crippen LogP contribution in [0.1, 0.15) is 32.6 Å². The van der Waals surface area contributed by atoms with Crippen LogP contribution in [0.25, 0.3) is 0 Å². The Bertz CT molecular complexity index is 519. The van der Waals surface area contributed by atoms with Gasteiger partial charge < -0.3 is 9.73 Å². The van der Waals surface area contributed by atoms with E-state index in [4.69, 9.17) is 4.42 Å². The Hall–Kier alpha value is -1.33. The Morgan fingerprint density at radius 3 is 2.50 bits per heavy atom. The van der Waals surface area contributed by atoms with Crippen LogP contribution in [0.5, 0.6) is 0 Å². The molecule has 108 valence electrons. The van der Waals surface area contributed by atoms with Crippen LogP contribution >= 0.6 is 11.8 Å². The molecule has 0 bridgehead atoms. The van der Waals surface area contributed by atoms with E-state index >= 15 is 0 Å². The fourth-order valence-electron chi connectivity index (χ4n) is 1.65. The first-order valence-corrected chi connectivity index (χ1v) is 7.76. The molecule has 0 saturated carbocycles. The Kier molecular flexibility index (Phi) is 5.20. The molecule has 0 unspecified atom stereocenters. The van der Waals surface area contributed by atoms with E-state index in [1.165, 1.54) is 4.90 Å². The van der Waals surface area contributed by atoms with Crippen LogP contribution < -0.4 is 5.32 Å². The van der Waals surface area contributed by atoms with Crippen LogP contribution in [0.2, 0.25) is 0 Å². The van der Waals surface area contributed by atoms with Crippen molar-refractivity contribution in [3.8, 4) is 0 Å². The zero-order chi connectivity index (χ0) is 14.4. The van der Waals surface area contributed by atoms with Crippen molar-refractivity contribution in [1.82, 2.24) is 15.5 Å². The van der Waals surface area contributed by atoms with Crippen molar-refractivity contribution >= 4 is 11.8 Å². The van der Waals surface area contributed by atoms with E-state index < -0.39 is 0 Å². The molecule has 0 aliphatic carbocycles. The molecule has 0 saturated heterocycles. The van der Waals surface area contributed by atoms with E-state index in [1.54, 1.807) is 11.8 Å². The van der Waals surface area contributed by atoms with Crippen molar-refractivity contribution in [2.45, 2.75) is 43.4 Å². The Balaban J connectivity index is 1.77. The van der Waals surface area contributed by atoms with E-state index in [9.17, 15) is 0 Å². The number of nitrogens with one attached hydrogen (secondary N) is 1. The Morgan fingerprint density at radius 1 is 1.10 bits per heavy atom. The molecule has 0 fully saturated rings. The normalized spacial score (nSPS) is 11.8. The monoisotopic (exact) mass is 291 g/mol. The van der Waals surface area contributed by atoms with Crippen molar-refractivity contribution in [3.05, 3.63) is 42.1 Å². The standard InChI is InChI=1S/C15H21N3OS/c1-15(2,3)16-10-9-13-17-18-14(19-13)11-20-12-7-5-4-6-8-12/h4-8,16H,9-11H2,1-3H3. The molecular weight excluding hydrogens is 270 g/mol. The number of nitrogens with zero attached hydrogens (tertiary/aromatic N) is 2. The van der Waals surface area contributed by atoms with E-state index in [1.807, 2.05) is 18.2 Å². The largest absolute Gasteiger partial charge is 0.424 e. The van der Waals surface area contributed by atoms with Crippen LogP contribution in [0, 0.1) is 0 Å². The highest BCUT2D eigenvalue weighted by Crippen LogP contribution is 2.21. The third-order valence-electron chi connectivity index (χ3n) is 2.61. The molecule has 2 rings (SSSR count). The van der Waals surface area contributed by atoms with Gasteiger partial charge in [-0.15, -0.1) is 22.0 Å². The predicted octanol–water partition coefficient (Wildman–Crippen LogP) is 3.29. The van der Waals surface area contributed by atoms with Crippen LogP contribution in [0.3, 0.4) is 0 Å². The average Bonchev–Trinajstić information content (AvgIpc) is 2.84. The summed E-state index contributed by atoms with van der Waals surface area (Å²) in [5, 5.41) is 11.6. The third-order valence-corrected chi connectivity index (χ3v) is 3.61. The van der Waals surface area contributed by atoms with E-state index in [-0.39, 0.29) is 5.54 Å². The van der Waals surface area contributed by atoms with Crippen molar-refractivity contribution in [2.24, 2.45) is 0 Å². The summed E-state index contributed by atoms with van der Waals surface area (Å²) in [4.78, 5) is 1.21. The maximum Gasteiger partial charge on any atom is 0.226 e. The first-order chi connectivity index (χ1) is 9.53. The number of thioether (sulfide) groups is 1. The Morgan fingerprint density at radius 2 is 1.80 bits per heavy atom. The van der Waals surface area contributed by atoms with Gasteiger partial charge in [-0.2, -0.15) is 0 Å². The Labute approximate surface area is 124 Å². The second-order valence-corrected chi connectivity index (χ2v) is 6.67. The van der Waals surface area contributed by atoms with Crippen LogP contribution in [-0.4, -0.2) is 22.3 Å². The molecule has 4 nitrogen and oxygen atoms in total. The summed E-state index contributed by atoms with van der Waals surface area (Å²) in [5.41, 5.74) is 0.117. The summed E-state index contributed by atoms with van der Waals surface area (Å²) in [6.45, 7) is 7.27. The summed E-state index contributed by atoms with van der Waals surface area (Å²) in [6.07, 6.45) is 0.764.